The van der Waals surface area contributed by atoms with E-state index in [9.17, 15) is 4.79 Å². The summed E-state index contributed by atoms with van der Waals surface area (Å²) in [6.45, 7) is 3.58. The van der Waals surface area contributed by atoms with Crippen LogP contribution in [-0.2, 0) is 4.79 Å². The maximum absolute atomic E-state index is 12.6. The summed E-state index contributed by atoms with van der Waals surface area (Å²) in [5.74, 6) is 7.18. The van der Waals surface area contributed by atoms with Gasteiger partial charge >= 0.3 is 0 Å². The second-order valence-corrected chi connectivity index (χ2v) is 6.96. The molecule has 124 valence electrons. The third kappa shape index (κ3) is 3.52. The predicted octanol–water partition coefficient (Wildman–Crippen LogP) is 2.14. The average Bonchev–Trinajstić information content (AvgIpc) is 3.10. The van der Waals surface area contributed by atoms with Crippen molar-refractivity contribution in [1.82, 2.24) is 19.8 Å². The number of thioether (sulfide) groups is 1. The van der Waals surface area contributed by atoms with E-state index in [1.165, 1.54) is 29.3 Å². The predicted molar refractivity (Wildman–Crippen MR) is 88.2 cm³/mol. The van der Waals surface area contributed by atoms with Crippen LogP contribution in [0.25, 0.3) is 11.6 Å². The fourth-order valence-electron chi connectivity index (χ4n) is 2.69. The third-order valence-corrected chi connectivity index (χ3v) is 5.00. The number of aromatic nitrogens is 3. The second-order valence-electron chi connectivity index (χ2n) is 5.65. The first-order valence-electron chi connectivity index (χ1n) is 7.86. The molecule has 1 aliphatic rings. The Bertz CT molecular complexity index is 647. The number of rotatable bonds is 4. The molecule has 1 saturated heterocycles. The molecule has 0 aliphatic carbocycles. The minimum atomic E-state index is -0.246. The lowest BCUT2D eigenvalue weighted by Crippen LogP contribution is -2.37. The van der Waals surface area contributed by atoms with E-state index >= 15 is 0 Å². The Morgan fingerprint density at radius 3 is 2.70 bits per heavy atom. The molecule has 1 unspecified atom stereocenters. The van der Waals surface area contributed by atoms with Crippen LogP contribution >= 0.6 is 11.8 Å². The first-order valence-corrected chi connectivity index (χ1v) is 8.74. The Labute approximate surface area is 139 Å². The quantitative estimate of drug-likeness (QED) is 0.680. The zero-order valence-corrected chi connectivity index (χ0v) is 14.0. The van der Waals surface area contributed by atoms with Crippen molar-refractivity contribution >= 4 is 17.7 Å². The Hall–Kier alpha value is -1.96. The Balaban J connectivity index is 1.68. The summed E-state index contributed by atoms with van der Waals surface area (Å²) < 4.78 is 6.66. The van der Waals surface area contributed by atoms with Gasteiger partial charge in [0.05, 0.1) is 11.5 Å². The van der Waals surface area contributed by atoms with Gasteiger partial charge in [-0.05, 0) is 31.9 Å². The van der Waals surface area contributed by atoms with Gasteiger partial charge in [-0.2, -0.15) is 0 Å². The van der Waals surface area contributed by atoms with Crippen LogP contribution in [0.1, 0.15) is 32.6 Å². The molecule has 0 aromatic carbocycles. The van der Waals surface area contributed by atoms with Gasteiger partial charge in [-0.1, -0.05) is 24.6 Å². The molecule has 7 nitrogen and oxygen atoms in total. The highest BCUT2D eigenvalue weighted by Crippen LogP contribution is 2.26. The molecule has 0 radical (unpaired) electrons. The lowest BCUT2D eigenvalue weighted by atomic mass is 10.2. The third-order valence-electron chi connectivity index (χ3n) is 3.95. The molecule has 0 bridgehead atoms. The molecule has 23 heavy (non-hydrogen) atoms. The molecule has 0 spiro atoms. The van der Waals surface area contributed by atoms with E-state index < -0.39 is 0 Å². The van der Waals surface area contributed by atoms with Crippen LogP contribution in [0.4, 0.5) is 0 Å². The first kappa shape index (κ1) is 15.9. The summed E-state index contributed by atoms with van der Waals surface area (Å²) in [5, 5.41) is 8.38. The standard InChI is InChI=1S/C15H21N5O2S/c1-11(14(21)19-8-4-2-3-5-9-19)23-15-18-17-13(20(15)16)12-7-6-10-22-12/h6-7,10-11H,2-5,8-9,16H2,1H3. The highest BCUT2D eigenvalue weighted by atomic mass is 32.2. The maximum Gasteiger partial charge on any atom is 0.235 e. The zero-order valence-electron chi connectivity index (χ0n) is 13.1. The number of hydrogen-bond donors (Lipinski definition) is 1. The fourth-order valence-corrected chi connectivity index (χ4v) is 3.54. The number of carbonyl (C=O) groups is 1. The van der Waals surface area contributed by atoms with E-state index in [2.05, 4.69) is 10.2 Å². The first-order chi connectivity index (χ1) is 11.2. The molecule has 2 aromatic rings. The number of nitrogen functional groups attached to an aromatic ring is 1. The number of hydrogen-bond acceptors (Lipinski definition) is 6. The van der Waals surface area contributed by atoms with E-state index in [-0.39, 0.29) is 11.2 Å². The fraction of sp³-hybridized carbons (Fsp3) is 0.533. The molecular formula is C15H21N5O2S. The topological polar surface area (TPSA) is 90.2 Å². The number of nitrogens with two attached hydrogens (primary N) is 1. The van der Waals surface area contributed by atoms with Gasteiger partial charge in [-0.25, -0.2) is 4.68 Å². The maximum atomic E-state index is 12.6. The summed E-state index contributed by atoms with van der Waals surface area (Å²) in [6.07, 6.45) is 6.13. The largest absolute Gasteiger partial charge is 0.461 e. The number of carbonyl (C=O) groups excluding carboxylic acids is 1. The van der Waals surface area contributed by atoms with E-state index in [0.29, 0.717) is 16.7 Å². The Morgan fingerprint density at radius 1 is 1.30 bits per heavy atom. The van der Waals surface area contributed by atoms with Crippen LogP contribution in [0, 0.1) is 0 Å². The molecule has 1 aliphatic heterocycles. The monoisotopic (exact) mass is 335 g/mol. The smallest absolute Gasteiger partial charge is 0.235 e. The number of nitrogens with zero attached hydrogens (tertiary/aromatic N) is 4. The summed E-state index contributed by atoms with van der Waals surface area (Å²) in [6, 6.07) is 3.54. The summed E-state index contributed by atoms with van der Waals surface area (Å²) in [5.41, 5.74) is 0. The van der Waals surface area contributed by atoms with Crippen molar-refractivity contribution in [3.63, 3.8) is 0 Å². The van der Waals surface area contributed by atoms with Crippen molar-refractivity contribution in [1.29, 1.82) is 0 Å². The molecule has 1 fully saturated rings. The van der Waals surface area contributed by atoms with Gasteiger partial charge in [-0.15, -0.1) is 10.2 Å². The highest BCUT2D eigenvalue weighted by Gasteiger charge is 2.25. The molecule has 1 amide bonds. The summed E-state index contributed by atoms with van der Waals surface area (Å²) in [4.78, 5) is 14.5. The molecule has 3 heterocycles. The van der Waals surface area contributed by atoms with Gasteiger partial charge < -0.3 is 15.2 Å². The molecule has 2 aromatic heterocycles. The number of likely N-dealkylation sites (tertiary alicyclic amines) is 1. The lowest BCUT2D eigenvalue weighted by molar-refractivity contribution is -0.130. The van der Waals surface area contributed by atoms with E-state index in [1.54, 1.807) is 18.4 Å². The van der Waals surface area contributed by atoms with Crippen LogP contribution in [0.5, 0.6) is 0 Å². The SMILES string of the molecule is CC(Sc1nnc(-c2ccco2)n1N)C(=O)N1CCCCCC1. The van der Waals surface area contributed by atoms with Crippen molar-refractivity contribution in [2.45, 2.75) is 43.0 Å². The van der Waals surface area contributed by atoms with Crippen molar-refractivity contribution in [2.24, 2.45) is 0 Å². The van der Waals surface area contributed by atoms with Crippen LogP contribution in [-0.4, -0.2) is 44.0 Å². The van der Waals surface area contributed by atoms with Crippen molar-refractivity contribution < 1.29 is 9.21 Å². The van der Waals surface area contributed by atoms with Crippen LogP contribution in [0.2, 0.25) is 0 Å². The second kappa shape index (κ2) is 7.08. The van der Waals surface area contributed by atoms with Crippen LogP contribution in [0.15, 0.2) is 28.0 Å². The van der Waals surface area contributed by atoms with E-state index in [4.69, 9.17) is 10.3 Å². The van der Waals surface area contributed by atoms with Crippen molar-refractivity contribution in [2.75, 3.05) is 18.9 Å². The van der Waals surface area contributed by atoms with Gasteiger partial charge in [0.25, 0.3) is 0 Å². The molecule has 8 heteroatoms. The minimum absolute atomic E-state index is 0.138. The molecular weight excluding hydrogens is 314 g/mol. The Morgan fingerprint density at radius 2 is 2.04 bits per heavy atom. The van der Waals surface area contributed by atoms with Crippen molar-refractivity contribution in [3.05, 3.63) is 18.4 Å². The summed E-state index contributed by atoms with van der Waals surface area (Å²) >= 11 is 1.33. The highest BCUT2D eigenvalue weighted by molar-refractivity contribution is 8.00. The molecule has 0 saturated carbocycles. The molecule has 2 N–H and O–H groups in total. The van der Waals surface area contributed by atoms with Gasteiger partial charge in [0.15, 0.2) is 5.76 Å². The van der Waals surface area contributed by atoms with Crippen LogP contribution < -0.4 is 5.84 Å². The van der Waals surface area contributed by atoms with Crippen molar-refractivity contribution in [3.8, 4) is 11.6 Å². The minimum Gasteiger partial charge on any atom is -0.461 e. The van der Waals surface area contributed by atoms with Gasteiger partial charge in [-0.3, -0.25) is 4.79 Å². The van der Waals surface area contributed by atoms with E-state index in [0.717, 1.165) is 25.9 Å². The zero-order chi connectivity index (χ0) is 16.2. The summed E-state index contributed by atoms with van der Waals surface area (Å²) in [7, 11) is 0. The molecule has 3 rings (SSSR count). The number of furan rings is 1. The average molecular weight is 335 g/mol. The van der Waals surface area contributed by atoms with Gasteiger partial charge in [0.2, 0.25) is 16.9 Å². The Kier molecular flexibility index (Phi) is 4.90. The lowest BCUT2D eigenvalue weighted by Gasteiger charge is -2.23. The normalized spacial score (nSPS) is 17.0. The van der Waals surface area contributed by atoms with Gasteiger partial charge in [0, 0.05) is 13.1 Å². The van der Waals surface area contributed by atoms with Crippen LogP contribution in [0.3, 0.4) is 0 Å². The van der Waals surface area contributed by atoms with Gasteiger partial charge in [0.1, 0.15) is 0 Å². The number of amides is 1. The van der Waals surface area contributed by atoms with E-state index in [1.807, 2.05) is 11.8 Å². The molecule has 1 atom stereocenters.